The molecular weight excluding hydrogens is 318 g/mol. The summed E-state index contributed by atoms with van der Waals surface area (Å²) in [6, 6.07) is 3.78. The van der Waals surface area contributed by atoms with Gasteiger partial charge in [-0.05, 0) is 39.3 Å². The molecule has 3 heterocycles. The lowest BCUT2D eigenvalue weighted by atomic mass is 10.1. The van der Waals surface area contributed by atoms with Crippen LogP contribution in [-0.4, -0.2) is 61.9 Å². The molecule has 0 bridgehead atoms. The van der Waals surface area contributed by atoms with Crippen LogP contribution >= 0.6 is 0 Å². The zero-order valence-electron chi connectivity index (χ0n) is 15.3. The number of hydrogen-bond donors (Lipinski definition) is 0. The molecule has 0 unspecified atom stereocenters. The Labute approximate surface area is 147 Å². The van der Waals surface area contributed by atoms with Gasteiger partial charge in [0.1, 0.15) is 5.82 Å². The standard InChI is InChI=1S/C18H25N5O2/c1-5-22(12(2)3)18(25)15-6-7-16-19-20-17(23(16)11-15)14-8-9-21(10-14)13(4)24/h6-7,11-12,14H,5,8-10H2,1-4H3/t14-/m1/s1. The van der Waals surface area contributed by atoms with Crippen molar-refractivity contribution in [3.8, 4) is 0 Å². The van der Waals surface area contributed by atoms with Crippen molar-refractivity contribution >= 4 is 17.5 Å². The molecule has 2 amide bonds. The van der Waals surface area contributed by atoms with Gasteiger partial charge in [-0.15, -0.1) is 10.2 Å². The largest absolute Gasteiger partial charge is 0.342 e. The highest BCUT2D eigenvalue weighted by atomic mass is 16.2. The predicted octanol–water partition coefficient (Wildman–Crippen LogP) is 1.94. The summed E-state index contributed by atoms with van der Waals surface area (Å²) < 4.78 is 1.90. The van der Waals surface area contributed by atoms with Gasteiger partial charge in [-0.2, -0.15) is 0 Å². The smallest absolute Gasteiger partial charge is 0.255 e. The average Bonchev–Trinajstić information content (AvgIpc) is 3.21. The number of amides is 2. The van der Waals surface area contributed by atoms with Gasteiger partial charge in [0.2, 0.25) is 5.91 Å². The lowest BCUT2D eigenvalue weighted by Crippen LogP contribution is -2.36. The van der Waals surface area contributed by atoms with Gasteiger partial charge in [-0.1, -0.05) is 0 Å². The van der Waals surface area contributed by atoms with E-state index in [2.05, 4.69) is 10.2 Å². The Morgan fingerprint density at radius 1 is 1.32 bits per heavy atom. The molecule has 2 aromatic heterocycles. The first-order valence-electron chi connectivity index (χ1n) is 8.83. The van der Waals surface area contributed by atoms with Crippen LogP contribution < -0.4 is 0 Å². The van der Waals surface area contributed by atoms with Gasteiger partial charge in [0.05, 0.1) is 5.56 Å². The Morgan fingerprint density at radius 3 is 2.68 bits per heavy atom. The molecule has 0 radical (unpaired) electrons. The summed E-state index contributed by atoms with van der Waals surface area (Å²) in [6.07, 6.45) is 2.69. The Balaban J connectivity index is 1.92. The number of likely N-dealkylation sites (tertiary alicyclic amines) is 1. The molecule has 134 valence electrons. The fourth-order valence-corrected chi connectivity index (χ4v) is 3.48. The molecule has 3 rings (SSSR count). The molecule has 0 aliphatic carbocycles. The van der Waals surface area contributed by atoms with Crippen molar-refractivity contribution in [1.82, 2.24) is 24.4 Å². The highest BCUT2D eigenvalue weighted by Crippen LogP contribution is 2.26. The van der Waals surface area contributed by atoms with Crippen molar-refractivity contribution < 1.29 is 9.59 Å². The van der Waals surface area contributed by atoms with E-state index in [0.29, 0.717) is 18.7 Å². The second-order valence-electron chi connectivity index (χ2n) is 6.84. The van der Waals surface area contributed by atoms with E-state index in [4.69, 9.17) is 0 Å². The van der Waals surface area contributed by atoms with E-state index in [1.54, 1.807) is 13.0 Å². The third kappa shape index (κ3) is 3.23. The quantitative estimate of drug-likeness (QED) is 0.850. The minimum atomic E-state index is 0.0100. The van der Waals surface area contributed by atoms with Crippen LogP contribution in [0.25, 0.3) is 5.65 Å². The lowest BCUT2D eigenvalue weighted by molar-refractivity contribution is -0.127. The number of hydrogen-bond acceptors (Lipinski definition) is 4. The van der Waals surface area contributed by atoms with Crippen LogP contribution in [0.4, 0.5) is 0 Å². The summed E-state index contributed by atoms with van der Waals surface area (Å²) in [7, 11) is 0. The van der Waals surface area contributed by atoms with E-state index in [9.17, 15) is 9.59 Å². The normalized spacial score (nSPS) is 17.5. The highest BCUT2D eigenvalue weighted by Gasteiger charge is 2.29. The Hall–Kier alpha value is -2.44. The molecule has 1 fully saturated rings. The van der Waals surface area contributed by atoms with Crippen LogP contribution in [0.3, 0.4) is 0 Å². The number of aromatic nitrogens is 3. The number of carbonyl (C=O) groups is 2. The van der Waals surface area contributed by atoms with Crippen LogP contribution in [0.15, 0.2) is 18.3 Å². The molecule has 1 saturated heterocycles. The molecule has 1 aliphatic rings. The molecule has 0 saturated carbocycles. The fraction of sp³-hybridized carbons (Fsp3) is 0.556. The van der Waals surface area contributed by atoms with Crippen LogP contribution in [-0.2, 0) is 4.79 Å². The summed E-state index contributed by atoms with van der Waals surface area (Å²) in [5.74, 6) is 1.07. The number of nitrogens with zero attached hydrogens (tertiary/aromatic N) is 5. The first-order chi connectivity index (χ1) is 11.9. The zero-order chi connectivity index (χ0) is 18.1. The van der Waals surface area contributed by atoms with E-state index in [1.165, 1.54) is 0 Å². The van der Waals surface area contributed by atoms with E-state index in [1.807, 2.05) is 47.2 Å². The molecule has 25 heavy (non-hydrogen) atoms. The Morgan fingerprint density at radius 2 is 2.08 bits per heavy atom. The molecular formula is C18H25N5O2. The van der Waals surface area contributed by atoms with Crippen molar-refractivity contribution in [2.45, 2.75) is 46.1 Å². The van der Waals surface area contributed by atoms with Crippen LogP contribution in [0.1, 0.15) is 56.2 Å². The Bertz CT molecular complexity index is 798. The summed E-state index contributed by atoms with van der Waals surface area (Å²) in [5.41, 5.74) is 1.35. The van der Waals surface area contributed by atoms with Gasteiger partial charge < -0.3 is 9.80 Å². The maximum Gasteiger partial charge on any atom is 0.255 e. The van der Waals surface area contributed by atoms with Gasteiger partial charge in [-0.3, -0.25) is 14.0 Å². The maximum absolute atomic E-state index is 12.8. The number of carbonyl (C=O) groups excluding carboxylic acids is 2. The van der Waals surface area contributed by atoms with Gasteiger partial charge in [0.25, 0.3) is 5.91 Å². The minimum absolute atomic E-state index is 0.0100. The average molecular weight is 343 g/mol. The van der Waals surface area contributed by atoms with Crippen LogP contribution in [0.5, 0.6) is 0 Å². The molecule has 1 atom stereocenters. The molecule has 2 aromatic rings. The fourth-order valence-electron chi connectivity index (χ4n) is 3.48. The summed E-state index contributed by atoms with van der Waals surface area (Å²) in [4.78, 5) is 28.0. The van der Waals surface area contributed by atoms with Gasteiger partial charge in [0, 0.05) is 44.7 Å². The number of pyridine rings is 1. The Kier molecular flexibility index (Phi) is 4.74. The predicted molar refractivity (Wildman–Crippen MR) is 94.4 cm³/mol. The first-order valence-corrected chi connectivity index (χ1v) is 8.83. The van der Waals surface area contributed by atoms with Crippen molar-refractivity contribution in [2.24, 2.45) is 0 Å². The number of fused-ring (bicyclic) bond motifs is 1. The van der Waals surface area contributed by atoms with Gasteiger partial charge >= 0.3 is 0 Å². The number of rotatable bonds is 4. The molecule has 1 aliphatic heterocycles. The summed E-state index contributed by atoms with van der Waals surface area (Å²) in [6.45, 7) is 9.66. The van der Waals surface area contributed by atoms with E-state index < -0.39 is 0 Å². The molecule has 7 heteroatoms. The maximum atomic E-state index is 12.8. The first kappa shape index (κ1) is 17.4. The van der Waals surface area contributed by atoms with Crippen LogP contribution in [0.2, 0.25) is 0 Å². The van der Waals surface area contributed by atoms with Crippen molar-refractivity contribution in [3.05, 3.63) is 29.7 Å². The third-order valence-corrected chi connectivity index (χ3v) is 4.90. The monoisotopic (exact) mass is 343 g/mol. The molecule has 7 nitrogen and oxygen atoms in total. The summed E-state index contributed by atoms with van der Waals surface area (Å²) >= 11 is 0. The van der Waals surface area contributed by atoms with Crippen LogP contribution in [0, 0.1) is 0 Å². The van der Waals surface area contributed by atoms with Crippen molar-refractivity contribution in [3.63, 3.8) is 0 Å². The highest BCUT2D eigenvalue weighted by molar-refractivity contribution is 5.94. The summed E-state index contributed by atoms with van der Waals surface area (Å²) in [5, 5.41) is 8.54. The lowest BCUT2D eigenvalue weighted by Gasteiger charge is -2.25. The van der Waals surface area contributed by atoms with E-state index >= 15 is 0 Å². The molecule has 0 aromatic carbocycles. The topological polar surface area (TPSA) is 70.8 Å². The van der Waals surface area contributed by atoms with E-state index in [-0.39, 0.29) is 23.8 Å². The molecule has 0 N–H and O–H groups in total. The van der Waals surface area contributed by atoms with E-state index in [0.717, 1.165) is 24.4 Å². The SMILES string of the molecule is CCN(C(=O)c1ccc2nnc([C@@H]3CCN(C(C)=O)C3)n2c1)C(C)C. The molecule has 0 spiro atoms. The van der Waals surface area contributed by atoms with Gasteiger partial charge in [-0.25, -0.2) is 0 Å². The van der Waals surface area contributed by atoms with Crippen molar-refractivity contribution in [1.29, 1.82) is 0 Å². The second kappa shape index (κ2) is 6.82. The van der Waals surface area contributed by atoms with Gasteiger partial charge in [0.15, 0.2) is 5.65 Å². The zero-order valence-corrected chi connectivity index (χ0v) is 15.3. The third-order valence-electron chi connectivity index (χ3n) is 4.90. The van der Waals surface area contributed by atoms with Crippen molar-refractivity contribution in [2.75, 3.05) is 19.6 Å². The second-order valence-corrected chi connectivity index (χ2v) is 6.84. The minimum Gasteiger partial charge on any atom is -0.342 e.